The van der Waals surface area contributed by atoms with Gasteiger partial charge in [0.2, 0.25) is 15.9 Å². The van der Waals surface area contributed by atoms with Crippen molar-refractivity contribution in [2.24, 2.45) is 5.73 Å². The molecule has 1 unspecified atom stereocenters. The predicted molar refractivity (Wildman–Crippen MR) is 71.6 cm³/mol. The van der Waals surface area contributed by atoms with E-state index in [1.165, 1.54) is 26.1 Å². The van der Waals surface area contributed by atoms with E-state index in [-0.39, 0.29) is 16.3 Å². The summed E-state index contributed by atoms with van der Waals surface area (Å²) in [5.74, 6) is -0.852. The summed E-state index contributed by atoms with van der Waals surface area (Å²) in [6, 6.07) is 2.24. The summed E-state index contributed by atoms with van der Waals surface area (Å²) in [4.78, 5) is 20.7. The molecule has 0 radical (unpaired) electrons. The molecule has 1 aromatic rings. The molecule has 0 fully saturated rings. The second-order valence-electron chi connectivity index (χ2n) is 3.93. The van der Waals surface area contributed by atoms with E-state index >= 15 is 0 Å². The van der Waals surface area contributed by atoms with Gasteiger partial charge in [0.1, 0.15) is 5.69 Å². The Labute approximate surface area is 115 Å². The number of carbonyl (C=O) groups excluding carboxylic acids is 1. The molecule has 110 valence electrons. The molecular weight excluding hydrogens is 288 g/mol. The van der Waals surface area contributed by atoms with Crippen LogP contribution in [0.4, 0.5) is 11.4 Å². The van der Waals surface area contributed by atoms with Crippen LogP contribution < -0.4 is 15.8 Å². The Bertz CT molecular complexity index is 643. The minimum absolute atomic E-state index is 0.178. The Hall–Kier alpha value is -2.20. The normalized spacial score (nSPS) is 12.7. The molecule has 4 N–H and O–H groups in total. The maximum absolute atomic E-state index is 12.0. The van der Waals surface area contributed by atoms with E-state index in [2.05, 4.69) is 5.32 Å². The van der Waals surface area contributed by atoms with Crippen LogP contribution in [0.5, 0.6) is 0 Å². The van der Waals surface area contributed by atoms with Crippen LogP contribution in [-0.4, -0.2) is 32.3 Å². The van der Waals surface area contributed by atoms with Crippen LogP contribution in [0.1, 0.15) is 6.92 Å². The lowest BCUT2D eigenvalue weighted by Crippen LogP contribution is -2.42. The van der Waals surface area contributed by atoms with Crippen LogP contribution >= 0.6 is 0 Å². The van der Waals surface area contributed by atoms with E-state index in [0.29, 0.717) is 0 Å². The van der Waals surface area contributed by atoms with Gasteiger partial charge in [-0.15, -0.1) is 0 Å². The van der Waals surface area contributed by atoms with Crippen molar-refractivity contribution in [2.45, 2.75) is 17.9 Å². The van der Waals surface area contributed by atoms with Crippen molar-refractivity contribution in [3.05, 3.63) is 28.3 Å². The lowest BCUT2D eigenvalue weighted by Gasteiger charge is -2.11. The summed E-state index contributed by atoms with van der Waals surface area (Å²) in [5, 5.41) is 13.5. The number of hydrogen-bond acceptors (Lipinski definition) is 6. The zero-order valence-corrected chi connectivity index (χ0v) is 11.6. The van der Waals surface area contributed by atoms with E-state index < -0.39 is 26.9 Å². The zero-order valence-electron chi connectivity index (χ0n) is 10.8. The number of sulfonamides is 1. The van der Waals surface area contributed by atoms with E-state index in [0.717, 1.165) is 6.07 Å². The van der Waals surface area contributed by atoms with Crippen molar-refractivity contribution in [1.82, 2.24) is 4.72 Å². The number of nitro benzene ring substituents is 1. The van der Waals surface area contributed by atoms with Crippen LogP contribution in [0.3, 0.4) is 0 Å². The van der Waals surface area contributed by atoms with Gasteiger partial charge in [0, 0.05) is 13.1 Å². The molecule has 10 heteroatoms. The third-order valence-corrected chi connectivity index (χ3v) is 4.04. The number of nitrogens with one attached hydrogen (secondary N) is 2. The summed E-state index contributed by atoms with van der Waals surface area (Å²) < 4.78 is 25.9. The van der Waals surface area contributed by atoms with E-state index in [9.17, 15) is 23.3 Å². The molecule has 0 aliphatic rings. The Morgan fingerprint density at radius 1 is 1.45 bits per heavy atom. The van der Waals surface area contributed by atoms with Crippen molar-refractivity contribution >= 4 is 27.3 Å². The molecule has 20 heavy (non-hydrogen) atoms. The lowest BCUT2D eigenvalue weighted by atomic mass is 10.3. The molecule has 0 heterocycles. The summed E-state index contributed by atoms with van der Waals surface area (Å²) in [6.07, 6.45) is 0. The number of nitrogens with zero attached hydrogens (tertiary/aromatic N) is 1. The first kappa shape index (κ1) is 15.9. The van der Waals surface area contributed by atoms with Crippen LogP contribution in [0, 0.1) is 10.1 Å². The van der Waals surface area contributed by atoms with Gasteiger partial charge in [0.25, 0.3) is 5.69 Å². The molecule has 0 saturated heterocycles. The summed E-state index contributed by atoms with van der Waals surface area (Å²) in [5.41, 5.74) is 4.75. The molecule has 0 aliphatic carbocycles. The molecule has 9 nitrogen and oxygen atoms in total. The van der Waals surface area contributed by atoms with Crippen LogP contribution in [-0.2, 0) is 14.8 Å². The number of nitrogens with two attached hydrogens (primary N) is 1. The van der Waals surface area contributed by atoms with Crippen molar-refractivity contribution in [1.29, 1.82) is 0 Å². The van der Waals surface area contributed by atoms with Crippen molar-refractivity contribution < 1.29 is 18.1 Å². The van der Waals surface area contributed by atoms with Crippen LogP contribution in [0.25, 0.3) is 0 Å². The lowest BCUT2D eigenvalue weighted by molar-refractivity contribution is -0.384. The number of nitro groups is 1. The Morgan fingerprint density at radius 3 is 2.50 bits per heavy atom. The van der Waals surface area contributed by atoms with Gasteiger partial charge in [-0.2, -0.15) is 4.72 Å². The second kappa shape index (κ2) is 5.84. The summed E-state index contributed by atoms with van der Waals surface area (Å²) in [6.45, 7) is 1.27. The average molecular weight is 302 g/mol. The summed E-state index contributed by atoms with van der Waals surface area (Å²) >= 11 is 0. The predicted octanol–water partition coefficient (Wildman–Crippen LogP) is -0.211. The summed E-state index contributed by atoms with van der Waals surface area (Å²) in [7, 11) is -2.59. The highest BCUT2D eigenvalue weighted by atomic mass is 32.2. The van der Waals surface area contributed by atoms with Crippen molar-refractivity contribution in [3.8, 4) is 0 Å². The fourth-order valence-electron chi connectivity index (χ4n) is 1.40. The number of anilines is 1. The van der Waals surface area contributed by atoms with Gasteiger partial charge in [0.05, 0.1) is 15.9 Å². The molecule has 0 bridgehead atoms. The third-order valence-electron chi connectivity index (χ3n) is 2.50. The quantitative estimate of drug-likeness (QED) is 0.489. The SMILES string of the molecule is CNc1ccc(S(=O)(=O)NC(C)C(N)=O)cc1[N+](=O)[O-]. The minimum atomic E-state index is -4.07. The fourth-order valence-corrected chi connectivity index (χ4v) is 2.63. The van der Waals surface area contributed by atoms with Crippen LogP contribution in [0.2, 0.25) is 0 Å². The minimum Gasteiger partial charge on any atom is -0.383 e. The maximum Gasteiger partial charge on any atom is 0.293 e. The Morgan fingerprint density at radius 2 is 2.05 bits per heavy atom. The second-order valence-corrected chi connectivity index (χ2v) is 5.65. The first-order chi connectivity index (χ1) is 9.19. The highest BCUT2D eigenvalue weighted by molar-refractivity contribution is 7.89. The molecule has 1 amide bonds. The topological polar surface area (TPSA) is 144 Å². The number of primary amides is 1. The molecule has 0 aliphatic heterocycles. The number of rotatable bonds is 6. The van der Waals surface area contributed by atoms with E-state index in [4.69, 9.17) is 5.73 Å². The first-order valence-electron chi connectivity index (χ1n) is 5.47. The Balaban J connectivity index is 3.23. The molecule has 0 spiro atoms. The van der Waals surface area contributed by atoms with Gasteiger partial charge < -0.3 is 11.1 Å². The van der Waals surface area contributed by atoms with Gasteiger partial charge in [-0.3, -0.25) is 14.9 Å². The number of carbonyl (C=O) groups is 1. The van der Waals surface area contributed by atoms with Gasteiger partial charge >= 0.3 is 0 Å². The zero-order chi connectivity index (χ0) is 15.5. The third kappa shape index (κ3) is 3.42. The smallest absolute Gasteiger partial charge is 0.293 e. The number of benzene rings is 1. The number of amides is 1. The van der Waals surface area contributed by atoms with Crippen molar-refractivity contribution in [3.63, 3.8) is 0 Å². The standard InChI is InChI=1S/C10H14N4O5S/c1-6(10(11)15)13-20(18,19)7-3-4-8(12-2)9(5-7)14(16)17/h3-6,12-13H,1-2H3,(H2,11,15). The maximum atomic E-state index is 12.0. The molecule has 0 aromatic heterocycles. The van der Waals surface area contributed by atoms with Gasteiger partial charge in [0.15, 0.2) is 0 Å². The highest BCUT2D eigenvalue weighted by Crippen LogP contribution is 2.27. The van der Waals surface area contributed by atoms with Crippen LogP contribution in [0.15, 0.2) is 23.1 Å². The number of hydrogen-bond donors (Lipinski definition) is 3. The van der Waals surface area contributed by atoms with Gasteiger partial charge in [-0.25, -0.2) is 8.42 Å². The molecule has 1 rings (SSSR count). The highest BCUT2D eigenvalue weighted by Gasteiger charge is 2.24. The molecule has 0 saturated carbocycles. The molecule has 1 aromatic carbocycles. The van der Waals surface area contributed by atoms with Gasteiger partial charge in [-0.05, 0) is 19.1 Å². The average Bonchev–Trinajstić information content (AvgIpc) is 2.37. The van der Waals surface area contributed by atoms with E-state index in [1.54, 1.807) is 0 Å². The fraction of sp³-hybridized carbons (Fsp3) is 0.300. The van der Waals surface area contributed by atoms with Crippen molar-refractivity contribution in [2.75, 3.05) is 12.4 Å². The monoisotopic (exact) mass is 302 g/mol. The molecular formula is C10H14N4O5S. The Kier molecular flexibility index (Phi) is 4.63. The largest absolute Gasteiger partial charge is 0.383 e. The molecule has 1 atom stereocenters. The van der Waals surface area contributed by atoms with Gasteiger partial charge in [-0.1, -0.05) is 0 Å². The van der Waals surface area contributed by atoms with E-state index in [1.807, 2.05) is 4.72 Å². The first-order valence-corrected chi connectivity index (χ1v) is 6.95.